The smallest absolute Gasteiger partial charge is 0.272 e. The molecule has 0 aliphatic rings. The predicted molar refractivity (Wildman–Crippen MR) is 97.0 cm³/mol. The molecule has 0 saturated carbocycles. The second-order valence-corrected chi connectivity index (χ2v) is 5.82. The Bertz CT molecular complexity index is 652. The zero-order valence-corrected chi connectivity index (χ0v) is 14.7. The highest BCUT2D eigenvalue weighted by molar-refractivity contribution is 5.93. The molecule has 0 saturated heterocycles. The van der Waals surface area contributed by atoms with Gasteiger partial charge in [0, 0.05) is 25.7 Å². The van der Waals surface area contributed by atoms with Gasteiger partial charge >= 0.3 is 0 Å². The molecule has 1 aromatic heterocycles. The monoisotopic (exact) mass is 326 g/mol. The SMILES string of the molecule is CCCN(CCC)C(=O)c1cc(NCc2ccccc2)nc(C)n1. The van der Waals surface area contributed by atoms with E-state index in [0.29, 0.717) is 23.9 Å². The Hall–Kier alpha value is -2.43. The molecule has 1 N–H and O–H groups in total. The molecule has 0 spiro atoms. The van der Waals surface area contributed by atoms with E-state index in [1.807, 2.05) is 30.0 Å². The van der Waals surface area contributed by atoms with E-state index < -0.39 is 0 Å². The first-order valence-electron chi connectivity index (χ1n) is 8.56. The van der Waals surface area contributed by atoms with E-state index in [2.05, 4.69) is 41.3 Å². The van der Waals surface area contributed by atoms with Gasteiger partial charge in [0.1, 0.15) is 17.3 Å². The van der Waals surface area contributed by atoms with E-state index in [1.54, 1.807) is 6.07 Å². The van der Waals surface area contributed by atoms with Gasteiger partial charge in [0.2, 0.25) is 0 Å². The standard InChI is InChI=1S/C19H26N4O/c1-4-11-23(12-5-2)19(24)17-13-18(22-15(3)21-17)20-14-16-9-7-6-8-10-16/h6-10,13H,4-5,11-12,14H2,1-3H3,(H,20,21,22). The first kappa shape index (κ1) is 17.9. The minimum Gasteiger partial charge on any atom is -0.366 e. The Balaban J connectivity index is 2.13. The molecule has 2 aromatic rings. The summed E-state index contributed by atoms with van der Waals surface area (Å²) in [7, 11) is 0. The molecule has 5 heteroatoms. The molecular weight excluding hydrogens is 300 g/mol. The van der Waals surface area contributed by atoms with Crippen molar-refractivity contribution in [1.82, 2.24) is 14.9 Å². The van der Waals surface area contributed by atoms with E-state index in [0.717, 1.165) is 25.9 Å². The van der Waals surface area contributed by atoms with E-state index in [-0.39, 0.29) is 5.91 Å². The van der Waals surface area contributed by atoms with E-state index in [4.69, 9.17) is 0 Å². The summed E-state index contributed by atoms with van der Waals surface area (Å²) in [5.74, 6) is 1.26. The Labute approximate surface area is 144 Å². The lowest BCUT2D eigenvalue weighted by Gasteiger charge is -2.21. The quantitative estimate of drug-likeness (QED) is 0.804. The van der Waals surface area contributed by atoms with E-state index in [1.165, 1.54) is 5.56 Å². The van der Waals surface area contributed by atoms with Crippen LogP contribution in [0.2, 0.25) is 0 Å². The van der Waals surface area contributed by atoms with Crippen molar-refractivity contribution in [3.05, 3.63) is 53.5 Å². The van der Waals surface area contributed by atoms with Gasteiger partial charge in [0.25, 0.3) is 5.91 Å². The molecule has 0 unspecified atom stereocenters. The average Bonchev–Trinajstić information content (AvgIpc) is 2.59. The summed E-state index contributed by atoms with van der Waals surface area (Å²) in [6, 6.07) is 11.9. The van der Waals surface area contributed by atoms with E-state index in [9.17, 15) is 4.79 Å². The van der Waals surface area contributed by atoms with Crippen molar-refractivity contribution in [3.8, 4) is 0 Å². The zero-order valence-electron chi connectivity index (χ0n) is 14.7. The third kappa shape index (κ3) is 5.05. The van der Waals surface area contributed by atoms with Gasteiger partial charge in [-0.15, -0.1) is 0 Å². The normalized spacial score (nSPS) is 10.5. The third-order valence-electron chi connectivity index (χ3n) is 3.65. The Morgan fingerprint density at radius 3 is 2.38 bits per heavy atom. The summed E-state index contributed by atoms with van der Waals surface area (Å²) in [5, 5.41) is 3.28. The van der Waals surface area contributed by atoms with Crippen LogP contribution < -0.4 is 5.32 Å². The minimum absolute atomic E-state index is 0.0213. The molecule has 0 atom stereocenters. The second-order valence-electron chi connectivity index (χ2n) is 5.82. The molecule has 128 valence electrons. The van der Waals surface area contributed by atoms with Gasteiger partial charge in [-0.2, -0.15) is 0 Å². The maximum Gasteiger partial charge on any atom is 0.272 e. The van der Waals surface area contributed by atoms with Gasteiger partial charge in [0.15, 0.2) is 0 Å². The highest BCUT2D eigenvalue weighted by Gasteiger charge is 2.17. The number of hydrogen-bond donors (Lipinski definition) is 1. The van der Waals surface area contributed by atoms with Gasteiger partial charge in [-0.05, 0) is 25.3 Å². The summed E-state index contributed by atoms with van der Waals surface area (Å²) in [6.07, 6.45) is 1.88. The number of aryl methyl sites for hydroxylation is 1. The van der Waals surface area contributed by atoms with Crippen molar-refractivity contribution in [3.63, 3.8) is 0 Å². The van der Waals surface area contributed by atoms with Gasteiger partial charge in [-0.1, -0.05) is 44.2 Å². The molecular formula is C19H26N4O. The molecule has 0 aliphatic heterocycles. The fraction of sp³-hybridized carbons (Fsp3) is 0.421. The summed E-state index contributed by atoms with van der Waals surface area (Å²) < 4.78 is 0. The fourth-order valence-electron chi connectivity index (χ4n) is 2.57. The molecule has 0 bridgehead atoms. The molecule has 5 nitrogen and oxygen atoms in total. The number of amides is 1. The first-order valence-corrected chi connectivity index (χ1v) is 8.56. The largest absolute Gasteiger partial charge is 0.366 e. The zero-order chi connectivity index (χ0) is 17.4. The number of anilines is 1. The summed E-state index contributed by atoms with van der Waals surface area (Å²) in [4.78, 5) is 23.3. The van der Waals surface area contributed by atoms with Crippen LogP contribution in [0.5, 0.6) is 0 Å². The summed E-state index contributed by atoms with van der Waals surface area (Å²) in [5.41, 5.74) is 1.63. The minimum atomic E-state index is -0.0213. The van der Waals surface area contributed by atoms with Crippen molar-refractivity contribution >= 4 is 11.7 Å². The maximum absolute atomic E-state index is 12.7. The number of carbonyl (C=O) groups is 1. The van der Waals surface area contributed by atoms with Crippen molar-refractivity contribution < 1.29 is 4.79 Å². The van der Waals surface area contributed by atoms with Gasteiger partial charge in [-0.25, -0.2) is 9.97 Å². The highest BCUT2D eigenvalue weighted by Crippen LogP contribution is 2.12. The molecule has 1 aromatic carbocycles. The van der Waals surface area contributed by atoms with Crippen LogP contribution in [0.1, 0.15) is 48.6 Å². The van der Waals surface area contributed by atoms with Crippen LogP contribution in [0.4, 0.5) is 5.82 Å². The van der Waals surface area contributed by atoms with Gasteiger partial charge in [0.05, 0.1) is 0 Å². The lowest BCUT2D eigenvalue weighted by atomic mass is 10.2. The van der Waals surface area contributed by atoms with Crippen LogP contribution in [0.3, 0.4) is 0 Å². The third-order valence-corrected chi connectivity index (χ3v) is 3.65. The molecule has 0 aliphatic carbocycles. The number of benzene rings is 1. The molecule has 1 amide bonds. The Morgan fingerprint density at radius 1 is 1.08 bits per heavy atom. The lowest BCUT2D eigenvalue weighted by Crippen LogP contribution is -2.33. The van der Waals surface area contributed by atoms with Crippen LogP contribution in [-0.2, 0) is 6.54 Å². The highest BCUT2D eigenvalue weighted by atomic mass is 16.2. The average molecular weight is 326 g/mol. The summed E-state index contributed by atoms with van der Waals surface area (Å²) in [6.45, 7) is 8.14. The van der Waals surface area contributed by atoms with Crippen LogP contribution in [0.25, 0.3) is 0 Å². The first-order chi connectivity index (χ1) is 11.6. The van der Waals surface area contributed by atoms with Crippen molar-refractivity contribution in [1.29, 1.82) is 0 Å². The summed E-state index contributed by atoms with van der Waals surface area (Å²) >= 11 is 0. The Kier molecular flexibility index (Phi) is 6.73. The van der Waals surface area contributed by atoms with Crippen molar-refractivity contribution in [2.75, 3.05) is 18.4 Å². The molecule has 24 heavy (non-hydrogen) atoms. The lowest BCUT2D eigenvalue weighted by molar-refractivity contribution is 0.0749. The number of nitrogens with one attached hydrogen (secondary N) is 1. The van der Waals surface area contributed by atoms with Gasteiger partial charge in [-0.3, -0.25) is 4.79 Å². The number of rotatable bonds is 8. The molecule has 2 rings (SSSR count). The topological polar surface area (TPSA) is 58.1 Å². The molecule has 0 fully saturated rings. The fourth-order valence-corrected chi connectivity index (χ4v) is 2.57. The predicted octanol–water partition coefficient (Wildman–Crippen LogP) is 3.66. The second kappa shape index (κ2) is 9.01. The maximum atomic E-state index is 12.7. The van der Waals surface area contributed by atoms with Crippen LogP contribution in [-0.4, -0.2) is 33.9 Å². The van der Waals surface area contributed by atoms with Crippen molar-refractivity contribution in [2.24, 2.45) is 0 Å². The number of aromatic nitrogens is 2. The van der Waals surface area contributed by atoms with Crippen LogP contribution in [0, 0.1) is 6.92 Å². The van der Waals surface area contributed by atoms with Crippen LogP contribution >= 0.6 is 0 Å². The van der Waals surface area contributed by atoms with Crippen molar-refractivity contribution in [2.45, 2.75) is 40.2 Å². The number of nitrogens with zero attached hydrogens (tertiary/aromatic N) is 3. The van der Waals surface area contributed by atoms with Gasteiger partial charge < -0.3 is 10.2 Å². The molecule has 0 radical (unpaired) electrons. The number of hydrogen-bond acceptors (Lipinski definition) is 4. The van der Waals surface area contributed by atoms with E-state index >= 15 is 0 Å². The van der Waals surface area contributed by atoms with Crippen LogP contribution in [0.15, 0.2) is 36.4 Å². The Morgan fingerprint density at radius 2 is 1.75 bits per heavy atom. The number of carbonyl (C=O) groups excluding carboxylic acids is 1. The molecule has 1 heterocycles.